The van der Waals surface area contributed by atoms with Crippen molar-refractivity contribution in [2.75, 3.05) is 77.3 Å². The van der Waals surface area contributed by atoms with Gasteiger partial charge in [0.25, 0.3) is 0 Å². The van der Waals surface area contributed by atoms with Crippen molar-refractivity contribution in [2.45, 2.75) is 16.0 Å². The summed E-state index contributed by atoms with van der Waals surface area (Å²) in [5.74, 6) is -32.4. The standard InChI is InChI=1S/C28H28F9N5O10S/c29-15-16(30)20(34)25(21(35)17(15)31)53(51,52)26-22(36)18(32)24(19(33)23(26)37)38-27(28(49)50)42-7-5-40(10-13(45)46)3-1-39(9-12(43)44)2-4-41(6-8-42)11-14(47)48/h27,38H,1-11H2,(H,43,44)(H,45,46)(H,47,48)(H,49,50). The second-order valence-corrected chi connectivity index (χ2v) is 13.1. The zero-order chi connectivity index (χ0) is 40.1. The van der Waals surface area contributed by atoms with Gasteiger partial charge in [0.15, 0.2) is 52.7 Å². The lowest BCUT2D eigenvalue weighted by atomic mass is 10.2. The molecule has 1 unspecified atom stereocenters. The maximum atomic E-state index is 15.4. The topological polar surface area (TPSA) is 208 Å². The van der Waals surface area contributed by atoms with Gasteiger partial charge in [-0.15, -0.1) is 0 Å². The first-order chi connectivity index (χ1) is 24.6. The third-order valence-electron chi connectivity index (χ3n) is 7.76. The minimum Gasteiger partial charge on any atom is -0.480 e. The first kappa shape index (κ1) is 42.7. The van der Waals surface area contributed by atoms with Crippen molar-refractivity contribution in [1.82, 2.24) is 19.6 Å². The number of carboxylic acid groups (broad SMARTS) is 4. The fourth-order valence-corrected chi connectivity index (χ4v) is 6.71. The predicted molar refractivity (Wildman–Crippen MR) is 157 cm³/mol. The molecule has 25 heteroatoms. The van der Waals surface area contributed by atoms with Gasteiger partial charge in [0.1, 0.15) is 15.5 Å². The lowest BCUT2D eigenvalue weighted by Gasteiger charge is -2.35. The summed E-state index contributed by atoms with van der Waals surface area (Å²) >= 11 is 0. The van der Waals surface area contributed by atoms with E-state index < -0.39 is 140 Å². The number of halogens is 9. The number of hydrogen-bond acceptors (Lipinski definition) is 11. The molecule has 1 aliphatic heterocycles. The van der Waals surface area contributed by atoms with Gasteiger partial charge in [-0.3, -0.25) is 34.0 Å². The van der Waals surface area contributed by atoms with Crippen molar-refractivity contribution in [1.29, 1.82) is 0 Å². The summed E-state index contributed by atoms with van der Waals surface area (Å²) in [7, 11) is -6.64. The highest BCUT2D eigenvalue weighted by Crippen LogP contribution is 2.37. The molecule has 5 N–H and O–H groups in total. The van der Waals surface area contributed by atoms with Gasteiger partial charge >= 0.3 is 23.9 Å². The summed E-state index contributed by atoms with van der Waals surface area (Å²) < 4.78 is 156. The number of benzene rings is 2. The first-order valence-electron chi connectivity index (χ1n) is 14.8. The van der Waals surface area contributed by atoms with Crippen LogP contribution in [0.2, 0.25) is 0 Å². The molecule has 0 spiro atoms. The quantitative estimate of drug-likeness (QED) is 0.0882. The van der Waals surface area contributed by atoms with Crippen molar-refractivity contribution in [3.63, 3.8) is 0 Å². The Morgan fingerprint density at radius 2 is 0.792 bits per heavy atom. The number of nitrogens with one attached hydrogen (secondary N) is 1. The molecular formula is C28H28F9N5O10S. The number of sulfone groups is 1. The average Bonchev–Trinajstić information content (AvgIpc) is 3.05. The van der Waals surface area contributed by atoms with E-state index in [1.807, 2.05) is 0 Å². The molecule has 0 saturated carbocycles. The molecule has 1 saturated heterocycles. The summed E-state index contributed by atoms with van der Waals surface area (Å²) in [4.78, 5) is 45.7. The molecule has 0 amide bonds. The van der Waals surface area contributed by atoms with Crippen molar-refractivity contribution in [3.8, 4) is 0 Å². The SMILES string of the molecule is O=C(O)CN1CCN(CC(=O)O)CCN(C(Nc2c(F)c(F)c(S(=O)(=O)c3c(F)c(F)c(F)c(F)c3F)c(F)c2F)C(=O)O)CCN(CC(=O)O)CC1. The summed E-state index contributed by atoms with van der Waals surface area (Å²) in [6.07, 6.45) is -2.43. The van der Waals surface area contributed by atoms with Gasteiger partial charge in [0.05, 0.1) is 19.6 Å². The Morgan fingerprint density at radius 3 is 1.09 bits per heavy atom. The molecule has 0 radical (unpaired) electrons. The molecule has 0 aromatic heterocycles. The molecule has 1 fully saturated rings. The van der Waals surface area contributed by atoms with Crippen molar-refractivity contribution < 1.29 is 87.5 Å². The molecule has 294 valence electrons. The lowest BCUT2D eigenvalue weighted by Crippen LogP contribution is -2.54. The molecule has 1 heterocycles. The molecule has 1 atom stereocenters. The number of carbonyl (C=O) groups is 4. The lowest BCUT2D eigenvalue weighted by molar-refractivity contribution is -0.143. The van der Waals surface area contributed by atoms with Crippen LogP contribution >= 0.6 is 0 Å². The zero-order valence-corrected chi connectivity index (χ0v) is 27.5. The number of aliphatic carboxylic acids is 4. The van der Waals surface area contributed by atoms with Crippen molar-refractivity contribution in [3.05, 3.63) is 52.4 Å². The normalized spacial score (nSPS) is 16.8. The van der Waals surface area contributed by atoms with Gasteiger partial charge < -0.3 is 25.7 Å². The fraction of sp³-hybridized carbons (Fsp3) is 0.429. The van der Waals surface area contributed by atoms with Crippen LogP contribution in [0.15, 0.2) is 9.79 Å². The molecule has 15 nitrogen and oxygen atoms in total. The Kier molecular flexibility index (Phi) is 14.0. The Labute approximate surface area is 292 Å². The maximum absolute atomic E-state index is 15.4. The Morgan fingerprint density at radius 1 is 0.509 bits per heavy atom. The minimum atomic E-state index is -6.64. The first-order valence-corrected chi connectivity index (χ1v) is 16.3. The van der Waals surface area contributed by atoms with Crippen molar-refractivity contribution >= 4 is 39.4 Å². The Hall–Kier alpha value is -4.72. The molecule has 0 bridgehead atoms. The second-order valence-electron chi connectivity index (χ2n) is 11.3. The number of hydrogen-bond donors (Lipinski definition) is 5. The van der Waals surface area contributed by atoms with Crippen LogP contribution in [0.25, 0.3) is 0 Å². The van der Waals surface area contributed by atoms with E-state index >= 15 is 17.6 Å². The highest BCUT2D eigenvalue weighted by atomic mass is 32.2. The van der Waals surface area contributed by atoms with Crippen LogP contribution in [0.3, 0.4) is 0 Å². The zero-order valence-electron chi connectivity index (χ0n) is 26.7. The van der Waals surface area contributed by atoms with Gasteiger partial charge in [-0.1, -0.05) is 0 Å². The van der Waals surface area contributed by atoms with Gasteiger partial charge in [-0.05, 0) is 0 Å². The van der Waals surface area contributed by atoms with E-state index in [0.717, 1.165) is 4.90 Å². The third kappa shape index (κ3) is 9.83. The highest BCUT2D eigenvalue weighted by Gasteiger charge is 2.42. The monoisotopic (exact) mass is 797 g/mol. The summed E-state index contributed by atoms with van der Waals surface area (Å²) in [6, 6.07) is 0. The van der Waals surface area contributed by atoms with Gasteiger partial charge in [-0.25, -0.2) is 52.7 Å². The maximum Gasteiger partial charge on any atom is 0.341 e. The average molecular weight is 798 g/mol. The van der Waals surface area contributed by atoms with E-state index in [2.05, 4.69) is 0 Å². The molecule has 2 aromatic rings. The molecular weight excluding hydrogens is 769 g/mol. The summed E-state index contributed by atoms with van der Waals surface area (Å²) in [5, 5.41) is 39.6. The van der Waals surface area contributed by atoms with Crippen LogP contribution in [-0.4, -0.2) is 150 Å². The van der Waals surface area contributed by atoms with Crippen LogP contribution in [0.5, 0.6) is 0 Å². The van der Waals surface area contributed by atoms with Crippen LogP contribution in [0.1, 0.15) is 0 Å². The van der Waals surface area contributed by atoms with E-state index in [-0.39, 0.29) is 39.3 Å². The van der Waals surface area contributed by atoms with Crippen LogP contribution in [-0.2, 0) is 29.0 Å². The minimum absolute atomic E-state index is 0.0870. The molecule has 0 aliphatic carbocycles. The number of nitrogens with zero attached hydrogens (tertiary/aromatic N) is 4. The van der Waals surface area contributed by atoms with Gasteiger partial charge in [0.2, 0.25) is 15.7 Å². The Balaban J connectivity index is 2.09. The smallest absolute Gasteiger partial charge is 0.341 e. The molecule has 2 aromatic carbocycles. The van der Waals surface area contributed by atoms with Gasteiger partial charge in [-0.2, -0.15) is 0 Å². The van der Waals surface area contributed by atoms with Crippen LogP contribution in [0.4, 0.5) is 45.2 Å². The number of rotatable bonds is 12. The Bertz CT molecular complexity index is 1800. The molecule has 3 rings (SSSR count). The van der Waals surface area contributed by atoms with E-state index in [9.17, 15) is 70.0 Å². The van der Waals surface area contributed by atoms with Crippen LogP contribution in [0, 0.1) is 52.4 Å². The second kappa shape index (κ2) is 17.4. The highest BCUT2D eigenvalue weighted by molar-refractivity contribution is 7.91. The largest absolute Gasteiger partial charge is 0.480 e. The van der Waals surface area contributed by atoms with Gasteiger partial charge in [0, 0.05) is 52.4 Å². The van der Waals surface area contributed by atoms with Crippen molar-refractivity contribution in [2.24, 2.45) is 0 Å². The van der Waals surface area contributed by atoms with E-state index in [4.69, 9.17) is 0 Å². The van der Waals surface area contributed by atoms with E-state index in [1.54, 1.807) is 5.32 Å². The molecule has 1 aliphatic rings. The molecule has 53 heavy (non-hydrogen) atoms. The van der Waals surface area contributed by atoms with E-state index in [1.165, 1.54) is 14.7 Å². The summed E-state index contributed by atoms with van der Waals surface area (Å²) in [5.41, 5.74) is -2.02. The predicted octanol–water partition coefficient (Wildman–Crippen LogP) is 1.07. The third-order valence-corrected chi connectivity index (χ3v) is 9.55. The van der Waals surface area contributed by atoms with Crippen LogP contribution < -0.4 is 5.32 Å². The number of carboxylic acids is 4. The van der Waals surface area contributed by atoms with E-state index in [0.29, 0.717) is 0 Å². The fourth-order valence-electron chi connectivity index (χ4n) is 5.20. The number of anilines is 1. The summed E-state index contributed by atoms with van der Waals surface area (Å²) in [6.45, 7) is -4.22.